The molecule has 1 atom stereocenters. The number of amides is 1. The van der Waals surface area contributed by atoms with Crippen molar-refractivity contribution in [2.45, 2.75) is 23.1 Å². The quantitative estimate of drug-likeness (QED) is 0.705. The van der Waals surface area contributed by atoms with Crippen LogP contribution in [0.5, 0.6) is 0 Å². The molecule has 2 heterocycles. The number of thioether (sulfide) groups is 1. The van der Waals surface area contributed by atoms with E-state index in [0.29, 0.717) is 6.54 Å². The van der Waals surface area contributed by atoms with Crippen molar-refractivity contribution in [3.05, 3.63) is 43.0 Å². The van der Waals surface area contributed by atoms with Crippen LogP contribution in [0.4, 0.5) is 0 Å². The van der Waals surface area contributed by atoms with E-state index in [-0.39, 0.29) is 11.2 Å². The maximum Gasteiger partial charge on any atom is 0.233 e. The standard InChI is InChI=1S/C15H16N4OS2/c1-11(14(20)17-7-9-19-8-6-16-10-19)21-15-18-12-4-2-3-5-13(12)22-15/h2-6,8,10-11H,7,9H2,1H3,(H,17,20). The molecule has 0 saturated carbocycles. The van der Waals surface area contributed by atoms with Gasteiger partial charge >= 0.3 is 0 Å². The van der Waals surface area contributed by atoms with Gasteiger partial charge in [0.15, 0.2) is 4.34 Å². The highest BCUT2D eigenvalue weighted by molar-refractivity contribution is 8.02. The second-order valence-corrected chi connectivity index (χ2v) is 7.42. The number of benzene rings is 1. The highest BCUT2D eigenvalue weighted by Gasteiger charge is 2.16. The second kappa shape index (κ2) is 6.93. The molecular weight excluding hydrogens is 316 g/mol. The lowest BCUT2D eigenvalue weighted by molar-refractivity contribution is -0.120. The van der Waals surface area contributed by atoms with Crippen molar-refractivity contribution in [3.63, 3.8) is 0 Å². The fourth-order valence-corrected chi connectivity index (χ4v) is 4.21. The van der Waals surface area contributed by atoms with E-state index in [1.54, 1.807) is 23.9 Å². The number of thiazole rings is 1. The van der Waals surface area contributed by atoms with E-state index in [1.807, 2.05) is 42.0 Å². The van der Waals surface area contributed by atoms with Crippen LogP contribution in [0.2, 0.25) is 0 Å². The molecule has 1 amide bonds. The van der Waals surface area contributed by atoms with Gasteiger partial charge in [0.2, 0.25) is 5.91 Å². The van der Waals surface area contributed by atoms with E-state index in [9.17, 15) is 4.79 Å². The van der Waals surface area contributed by atoms with Crippen LogP contribution in [-0.4, -0.2) is 32.2 Å². The third-order valence-electron chi connectivity index (χ3n) is 3.15. The molecule has 0 spiro atoms. The van der Waals surface area contributed by atoms with Gasteiger partial charge in [-0.15, -0.1) is 11.3 Å². The van der Waals surface area contributed by atoms with E-state index in [2.05, 4.69) is 15.3 Å². The minimum Gasteiger partial charge on any atom is -0.353 e. The summed E-state index contributed by atoms with van der Waals surface area (Å²) in [6.45, 7) is 3.23. The zero-order chi connectivity index (χ0) is 15.4. The fourth-order valence-electron chi connectivity index (χ4n) is 1.98. The number of hydrogen-bond acceptors (Lipinski definition) is 5. The highest BCUT2D eigenvalue weighted by Crippen LogP contribution is 2.31. The lowest BCUT2D eigenvalue weighted by atomic mass is 10.3. The van der Waals surface area contributed by atoms with Gasteiger partial charge in [-0.25, -0.2) is 9.97 Å². The van der Waals surface area contributed by atoms with Crippen LogP contribution < -0.4 is 5.32 Å². The van der Waals surface area contributed by atoms with Crippen LogP contribution in [0.15, 0.2) is 47.3 Å². The topological polar surface area (TPSA) is 59.8 Å². The Kier molecular flexibility index (Phi) is 4.74. The highest BCUT2D eigenvalue weighted by atomic mass is 32.2. The van der Waals surface area contributed by atoms with Crippen LogP contribution in [0.25, 0.3) is 10.2 Å². The van der Waals surface area contributed by atoms with Gasteiger partial charge in [0.1, 0.15) is 0 Å². The number of hydrogen-bond donors (Lipinski definition) is 1. The molecule has 114 valence electrons. The van der Waals surface area contributed by atoms with Gasteiger partial charge < -0.3 is 9.88 Å². The van der Waals surface area contributed by atoms with Crippen LogP contribution in [-0.2, 0) is 11.3 Å². The summed E-state index contributed by atoms with van der Waals surface area (Å²) in [5.41, 5.74) is 0.989. The molecule has 0 aliphatic rings. The van der Waals surface area contributed by atoms with E-state index in [1.165, 1.54) is 11.8 Å². The predicted octanol–water partition coefficient (Wildman–Crippen LogP) is 2.79. The fraction of sp³-hybridized carbons (Fsp3) is 0.267. The van der Waals surface area contributed by atoms with Crippen LogP contribution >= 0.6 is 23.1 Å². The van der Waals surface area contributed by atoms with Crippen molar-refractivity contribution in [1.29, 1.82) is 0 Å². The minimum absolute atomic E-state index is 0.0318. The van der Waals surface area contributed by atoms with Crippen molar-refractivity contribution in [3.8, 4) is 0 Å². The second-order valence-electron chi connectivity index (χ2n) is 4.80. The molecular formula is C15H16N4OS2. The molecule has 0 aliphatic heterocycles. The SMILES string of the molecule is CC(Sc1nc2ccccc2s1)C(=O)NCCn1ccnc1. The summed E-state index contributed by atoms with van der Waals surface area (Å²) < 4.78 is 4.02. The van der Waals surface area contributed by atoms with Gasteiger partial charge in [0.05, 0.1) is 21.8 Å². The molecule has 0 bridgehead atoms. The molecule has 22 heavy (non-hydrogen) atoms. The summed E-state index contributed by atoms with van der Waals surface area (Å²) in [5.74, 6) is 0.0318. The third kappa shape index (κ3) is 3.66. The number of fused-ring (bicyclic) bond motifs is 1. The molecule has 0 fully saturated rings. The van der Waals surface area contributed by atoms with Crippen molar-refractivity contribution >= 4 is 39.2 Å². The number of carbonyl (C=O) groups excluding carboxylic acids is 1. The Morgan fingerprint density at radius 1 is 1.45 bits per heavy atom. The average Bonchev–Trinajstić information content (AvgIpc) is 3.15. The summed E-state index contributed by atoms with van der Waals surface area (Å²) in [7, 11) is 0. The number of nitrogens with one attached hydrogen (secondary N) is 1. The van der Waals surface area contributed by atoms with Crippen molar-refractivity contribution in [1.82, 2.24) is 19.9 Å². The summed E-state index contributed by atoms with van der Waals surface area (Å²) in [6.07, 6.45) is 5.35. The normalized spacial score (nSPS) is 12.4. The zero-order valence-electron chi connectivity index (χ0n) is 12.1. The van der Waals surface area contributed by atoms with E-state index >= 15 is 0 Å². The number of aromatic nitrogens is 3. The first-order valence-electron chi connectivity index (χ1n) is 6.98. The van der Waals surface area contributed by atoms with E-state index < -0.39 is 0 Å². The van der Waals surface area contributed by atoms with Crippen LogP contribution in [0, 0.1) is 0 Å². The lowest BCUT2D eigenvalue weighted by Gasteiger charge is -2.10. The molecule has 3 aromatic rings. The number of imidazole rings is 1. The first-order chi connectivity index (χ1) is 10.7. The van der Waals surface area contributed by atoms with Crippen molar-refractivity contribution in [2.75, 3.05) is 6.54 Å². The Balaban J connectivity index is 1.52. The molecule has 5 nitrogen and oxygen atoms in total. The summed E-state index contributed by atoms with van der Waals surface area (Å²) in [4.78, 5) is 20.6. The van der Waals surface area contributed by atoms with Crippen molar-refractivity contribution in [2.24, 2.45) is 0 Å². The van der Waals surface area contributed by atoms with Gasteiger partial charge in [-0.1, -0.05) is 23.9 Å². The number of rotatable bonds is 6. The zero-order valence-corrected chi connectivity index (χ0v) is 13.7. The molecule has 0 saturated heterocycles. The Bertz CT molecular complexity index is 721. The molecule has 0 radical (unpaired) electrons. The summed E-state index contributed by atoms with van der Waals surface area (Å²) >= 11 is 3.13. The average molecular weight is 332 g/mol. The van der Waals surface area contributed by atoms with Gasteiger partial charge in [0, 0.05) is 25.5 Å². The minimum atomic E-state index is -0.164. The molecule has 1 N–H and O–H groups in total. The van der Waals surface area contributed by atoms with E-state index in [0.717, 1.165) is 21.1 Å². The summed E-state index contributed by atoms with van der Waals surface area (Å²) in [5, 5.41) is 2.78. The number of para-hydroxylation sites is 1. The number of nitrogens with zero attached hydrogens (tertiary/aromatic N) is 3. The van der Waals surface area contributed by atoms with Gasteiger partial charge in [-0.05, 0) is 19.1 Å². The van der Waals surface area contributed by atoms with Crippen LogP contribution in [0.3, 0.4) is 0 Å². The first kappa shape index (κ1) is 15.1. The molecule has 3 rings (SSSR count). The Morgan fingerprint density at radius 3 is 3.09 bits per heavy atom. The molecule has 1 unspecified atom stereocenters. The molecule has 7 heteroatoms. The number of carbonyl (C=O) groups is 1. The van der Waals surface area contributed by atoms with E-state index in [4.69, 9.17) is 0 Å². The maximum atomic E-state index is 12.1. The lowest BCUT2D eigenvalue weighted by Crippen LogP contribution is -2.33. The largest absolute Gasteiger partial charge is 0.353 e. The Hall–Kier alpha value is -1.86. The predicted molar refractivity (Wildman–Crippen MR) is 90.2 cm³/mol. The van der Waals surface area contributed by atoms with Gasteiger partial charge in [-0.3, -0.25) is 4.79 Å². The molecule has 0 aliphatic carbocycles. The van der Waals surface area contributed by atoms with Crippen LogP contribution in [0.1, 0.15) is 6.92 Å². The first-order valence-corrected chi connectivity index (χ1v) is 8.67. The summed E-state index contributed by atoms with van der Waals surface area (Å²) in [6, 6.07) is 8.02. The maximum absolute atomic E-state index is 12.1. The van der Waals surface area contributed by atoms with Gasteiger partial charge in [-0.2, -0.15) is 0 Å². The molecule has 2 aromatic heterocycles. The van der Waals surface area contributed by atoms with Crippen molar-refractivity contribution < 1.29 is 4.79 Å². The molecule has 1 aromatic carbocycles. The Labute approximate surface area is 136 Å². The van der Waals surface area contributed by atoms with Gasteiger partial charge in [0.25, 0.3) is 0 Å². The smallest absolute Gasteiger partial charge is 0.233 e. The monoisotopic (exact) mass is 332 g/mol. The third-order valence-corrected chi connectivity index (χ3v) is 5.38. The Morgan fingerprint density at radius 2 is 2.32 bits per heavy atom.